The molecule has 0 aliphatic rings. The molecule has 1 amide bonds. The molecule has 6 heteroatoms. The van der Waals surface area contributed by atoms with Crippen molar-refractivity contribution in [2.75, 3.05) is 20.6 Å². The number of ether oxygens (including phenoxy) is 1. The number of para-hydroxylation sites is 1. The Morgan fingerprint density at radius 1 is 1.18 bits per heavy atom. The van der Waals surface area contributed by atoms with Crippen molar-refractivity contribution in [3.63, 3.8) is 0 Å². The highest BCUT2D eigenvalue weighted by Crippen LogP contribution is 2.23. The molecule has 154 valence electrons. The third-order valence-corrected chi connectivity index (χ3v) is 4.47. The zero-order valence-corrected chi connectivity index (χ0v) is 18.1. The van der Waals surface area contributed by atoms with E-state index in [2.05, 4.69) is 10.2 Å². The van der Waals surface area contributed by atoms with Crippen LogP contribution < -0.4 is 5.32 Å². The zero-order chi connectivity index (χ0) is 21.1. The summed E-state index contributed by atoms with van der Waals surface area (Å²) in [5, 5.41) is 3.82. The first kappa shape index (κ1) is 22.0. The molecule has 1 aromatic carbocycles. The van der Waals surface area contributed by atoms with E-state index in [1.165, 1.54) is 0 Å². The van der Waals surface area contributed by atoms with Crippen LogP contribution in [0.3, 0.4) is 0 Å². The van der Waals surface area contributed by atoms with Gasteiger partial charge in [0.25, 0.3) is 5.91 Å². The first-order valence-corrected chi connectivity index (χ1v) is 9.77. The maximum atomic E-state index is 13.3. The summed E-state index contributed by atoms with van der Waals surface area (Å²) in [5.74, 6) is -0.237. The van der Waals surface area contributed by atoms with E-state index in [0.29, 0.717) is 0 Å². The highest BCUT2D eigenvalue weighted by atomic mass is 16.6. The highest BCUT2D eigenvalue weighted by Gasteiger charge is 2.29. The molecule has 2 aromatic rings. The van der Waals surface area contributed by atoms with Gasteiger partial charge in [0.15, 0.2) is 0 Å². The normalized spacial score (nSPS) is 13.2. The Morgan fingerprint density at radius 3 is 2.39 bits per heavy atom. The molecule has 0 bridgehead atoms. The molecule has 0 saturated heterocycles. The van der Waals surface area contributed by atoms with Gasteiger partial charge in [0.2, 0.25) is 0 Å². The van der Waals surface area contributed by atoms with Gasteiger partial charge >= 0.3 is 6.09 Å². The van der Waals surface area contributed by atoms with E-state index in [1.807, 2.05) is 58.4 Å². The number of hydrogen-bond acceptors (Lipinski definition) is 4. The van der Waals surface area contributed by atoms with E-state index in [9.17, 15) is 9.59 Å². The van der Waals surface area contributed by atoms with Gasteiger partial charge in [0.05, 0.1) is 5.52 Å². The van der Waals surface area contributed by atoms with Crippen molar-refractivity contribution in [2.24, 2.45) is 5.92 Å². The van der Waals surface area contributed by atoms with Gasteiger partial charge in [-0.25, -0.2) is 4.79 Å². The molecule has 0 saturated carbocycles. The Bertz CT molecular complexity index is 831. The molecular weight excluding hydrogens is 354 g/mol. The fraction of sp³-hybridized carbons (Fsp3) is 0.545. The molecular formula is C22H33N3O3. The number of aromatic nitrogens is 1. The van der Waals surface area contributed by atoms with Gasteiger partial charge in [-0.05, 0) is 58.8 Å². The van der Waals surface area contributed by atoms with E-state index in [4.69, 9.17) is 4.74 Å². The second-order valence-corrected chi connectivity index (χ2v) is 8.80. The van der Waals surface area contributed by atoms with Gasteiger partial charge < -0.3 is 15.0 Å². The minimum Gasteiger partial charge on any atom is -0.444 e. The monoisotopic (exact) mass is 387 g/mol. The van der Waals surface area contributed by atoms with E-state index in [0.717, 1.165) is 29.4 Å². The average molecular weight is 388 g/mol. The largest absolute Gasteiger partial charge is 0.444 e. The van der Waals surface area contributed by atoms with Gasteiger partial charge in [0, 0.05) is 18.1 Å². The Labute approximate surface area is 167 Å². The molecule has 6 nitrogen and oxygen atoms in total. The summed E-state index contributed by atoms with van der Waals surface area (Å²) in [5.41, 5.74) is 1.36. The van der Waals surface area contributed by atoms with Crippen LogP contribution in [0.1, 0.15) is 45.0 Å². The summed E-state index contributed by atoms with van der Waals surface area (Å²) < 4.78 is 7.01. The molecule has 0 aliphatic heterocycles. The fourth-order valence-corrected chi connectivity index (χ4v) is 3.07. The van der Waals surface area contributed by atoms with Gasteiger partial charge in [-0.3, -0.25) is 9.36 Å². The first-order valence-electron chi connectivity index (χ1n) is 9.77. The molecule has 28 heavy (non-hydrogen) atoms. The number of nitrogens with one attached hydrogen (secondary N) is 1. The summed E-state index contributed by atoms with van der Waals surface area (Å²) >= 11 is 0. The van der Waals surface area contributed by atoms with Gasteiger partial charge in [-0.15, -0.1) is 0 Å². The van der Waals surface area contributed by atoms with Crippen molar-refractivity contribution in [1.29, 1.82) is 0 Å². The molecule has 1 N–H and O–H groups in total. The van der Waals surface area contributed by atoms with Crippen molar-refractivity contribution >= 4 is 22.9 Å². The van der Waals surface area contributed by atoms with Gasteiger partial charge in [-0.2, -0.15) is 0 Å². The third-order valence-electron chi connectivity index (χ3n) is 4.47. The topological polar surface area (TPSA) is 63.6 Å². The zero-order valence-electron chi connectivity index (χ0n) is 18.1. The van der Waals surface area contributed by atoms with E-state index in [-0.39, 0.29) is 11.8 Å². The summed E-state index contributed by atoms with van der Waals surface area (Å²) in [6.07, 6.45) is 2.17. The number of hydrogen-bond donors (Lipinski definition) is 1. The smallest absolute Gasteiger partial charge is 0.408 e. The van der Waals surface area contributed by atoms with Gasteiger partial charge in [0.1, 0.15) is 11.6 Å². The van der Waals surface area contributed by atoms with Crippen LogP contribution in [0.5, 0.6) is 0 Å². The van der Waals surface area contributed by atoms with Crippen LogP contribution in [-0.4, -0.2) is 53.8 Å². The lowest BCUT2D eigenvalue weighted by Crippen LogP contribution is -2.48. The first-order chi connectivity index (χ1) is 13.0. The maximum Gasteiger partial charge on any atom is 0.408 e. The molecule has 2 rings (SSSR count). The minimum atomic E-state index is -0.674. The van der Waals surface area contributed by atoms with Crippen molar-refractivity contribution in [1.82, 2.24) is 14.8 Å². The quantitative estimate of drug-likeness (QED) is 0.816. The Kier molecular flexibility index (Phi) is 6.88. The maximum absolute atomic E-state index is 13.3. The molecule has 0 fully saturated rings. The van der Waals surface area contributed by atoms with E-state index >= 15 is 0 Å². The van der Waals surface area contributed by atoms with Crippen LogP contribution in [0.2, 0.25) is 0 Å². The predicted molar refractivity (Wildman–Crippen MR) is 113 cm³/mol. The van der Waals surface area contributed by atoms with Crippen LogP contribution in [0.25, 0.3) is 10.9 Å². The van der Waals surface area contributed by atoms with Crippen LogP contribution in [0.4, 0.5) is 4.79 Å². The Hall–Kier alpha value is -2.34. The van der Waals surface area contributed by atoms with Crippen molar-refractivity contribution in [3.05, 3.63) is 36.0 Å². The summed E-state index contributed by atoms with van der Waals surface area (Å²) in [6, 6.07) is 7.21. The number of rotatable bonds is 6. The second-order valence-electron chi connectivity index (χ2n) is 8.80. The van der Waals surface area contributed by atoms with E-state index < -0.39 is 17.7 Å². The van der Waals surface area contributed by atoms with Crippen LogP contribution in [0, 0.1) is 5.92 Å². The minimum absolute atomic E-state index is 0.0774. The number of alkyl carbamates (subject to hydrolysis) is 1. The average Bonchev–Trinajstić information content (AvgIpc) is 2.94. The second kappa shape index (κ2) is 8.78. The highest BCUT2D eigenvalue weighted by molar-refractivity contribution is 5.97. The summed E-state index contributed by atoms with van der Waals surface area (Å²) in [7, 11) is 4.06. The van der Waals surface area contributed by atoms with Crippen molar-refractivity contribution in [3.8, 4) is 0 Å². The van der Waals surface area contributed by atoms with Crippen LogP contribution >= 0.6 is 0 Å². The summed E-state index contributed by atoms with van der Waals surface area (Å²) in [4.78, 5) is 27.7. The van der Waals surface area contributed by atoms with Gasteiger partial charge in [-0.1, -0.05) is 32.0 Å². The predicted octanol–water partition coefficient (Wildman–Crippen LogP) is 3.93. The fourth-order valence-electron chi connectivity index (χ4n) is 3.07. The van der Waals surface area contributed by atoms with Crippen molar-refractivity contribution < 1.29 is 14.3 Å². The lowest BCUT2D eigenvalue weighted by molar-refractivity contribution is 0.0465. The lowest BCUT2D eigenvalue weighted by atomic mass is 10.0. The summed E-state index contributed by atoms with van der Waals surface area (Å²) in [6.45, 7) is 10.1. The molecule has 0 aliphatic carbocycles. The lowest BCUT2D eigenvalue weighted by Gasteiger charge is -2.25. The molecule has 1 atom stereocenters. The Balaban J connectivity index is 2.34. The molecule has 1 heterocycles. The number of carbonyl (C=O) groups is 2. The number of benzene rings is 1. The molecule has 1 aromatic heterocycles. The van der Waals surface area contributed by atoms with Crippen LogP contribution in [-0.2, 0) is 11.2 Å². The van der Waals surface area contributed by atoms with E-state index in [1.54, 1.807) is 25.3 Å². The SMILES string of the molecule is CC(C)C(NC(=O)OC(C)(C)C)C(=O)n1cc(CCN(C)C)c2ccccc21. The molecule has 0 radical (unpaired) electrons. The number of fused-ring (bicyclic) bond motifs is 1. The standard InChI is InChI=1S/C22H33N3O3/c1-15(2)19(23-21(27)28-22(3,4)5)20(26)25-14-16(12-13-24(6)7)17-10-8-9-11-18(17)25/h8-11,14-15,19H,12-13H2,1-7H3,(H,23,27). The van der Waals surface area contributed by atoms with Crippen LogP contribution in [0.15, 0.2) is 30.5 Å². The van der Waals surface area contributed by atoms with Crippen molar-refractivity contribution in [2.45, 2.75) is 52.7 Å². The Morgan fingerprint density at radius 2 is 1.82 bits per heavy atom. The molecule has 1 unspecified atom stereocenters. The number of nitrogens with zero attached hydrogens (tertiary/aromatic N) is 2. The molecule has 0 spiro atoms. The number of likely N-dealkylation sites (N-methyl/N-ethyl adjacent to an activating group) is 1. The number of amides is 1. The number of carbonyl (C=O) groups excluding carboxylic acids is 2. The third kappa shape index (κ3) is 5.58.